The van der Waals surface area contributed by atoms with E-state index in [1.807, 2.05) is 6.92 Å². The maximum absolute atomic E-state index is 13.1. The normalized spacial score (nSPS) is 14.3. The van der Waals surface area contributed by atoms with Gasteiger partial charge in [0.05, 0.1) is 18.4 Å². The molecule has 0 N–H and O–H groups in total. The maximum atomic E-state index is 13.1. The average molecular weight is 450 g/mol. The minimum absolute atomic E-state index is 0.113. The van der Waals surface area contributed by atoms with Crippen LogP contribution in [0.1, 0.15) is 39.5 Å². The lowest BCUT2D eigenvalue weighted by Gasteiger charge is -2.24. The van der Waals surface area contributed by atoms with Gasteiger partial charge in [0.2, 0.25) is 0 Å². The number of halogens is 5. The van der Waals surface area contributed by atoms with E-state index in [2.05, 4.69) is 4.74 Å². The standard InChI is InChI=1S/C19H31F5O6/c1-4-15(17(26)29-11-10-27-3)6-5-8-28-9-7-14(2)16(25)30-13-19(23,24)18(21,22)12-20/h14-15H,4-13H2,1-3H3. The van der Waals surface area contributed by atoms with Gasteiger partial charge in [-0.05, 0) is 25.7 Å². The molecule has 2 atom stereocenters. The van der Waals surface area contributed by atoms with Gasteiger partial charge in [0.25, 0.3) is 0 Å². The smallest absolute Gasteiger partial charge is 0.346 e. The zero-order chi connectivity index (χ0) is 23.2. The Bertz CT molecular complexity index is 504. The summed E-state index contributed by atoms with van der Waals surface area (Å²) in [4.78, 5) is 23.5. The number of carbonyl (C=O) groups excluding carboxylic acids is 2. The lowest BCUT2D eigenvalue weighted by Crippen LogP contribution is -2.46. The molecule has 0 heterocycles. The van der Waals surface area contributed by atoms with Crippen LogP contribution in [0.5, 0.6) is 0 Å². The highest BCUT2D eigenvalue weighted by molar-refractivity contribution is 5.72. The van der Waals surface area contributed by atoms with Gasteiger partial charge < -0.3 is 18.9 Å². The highest BCUT2D eigenvalue weighted by Gasteiger charge is 2.57. The van der Waals surface area contributed by atoms with Gasteiger partial charge in [0.15, 0.2) is 13.3 Å². The summed E-state index contributed by atoms with van der Waals surface area (Å²) in [6, 6.07) is 0. The van der Waals surface area contributed by atoms with E-state index >= 15 is 0 Å². The molecule has 30 heavy (non-hydrogen) atoms. The first-order chi connectivity index (χ1) is 14.0. The summed E-state index contributed by atoms with van der Waals surface area (Å²) in [5, 5.41) is 0. The van der Waals surface area contributed by atoms with E-state index < -0.39 is 37.0 Å². The maximum Gasteiger partial charge on any atom is 0.346 e. The van der Waals surface area contributed by atoms with Crippen LogP contribution in [0.2, 0.25) is 0 Å². The van der Waals surface area contributed by atoms with Crippen LogP contribution in [0.15, 0.2) is 0 Å². The van der Waals surface area contributed by atoms with Crippen molar-refractivity contribution >= 4 is 11.9 Å². The Morgan fingerprint density at radius 3 is 2.13 bits per heavy atom. The lowest BCUT2D eigenvalue weighted by atomic mass is 10.0. The average Bonchev–Trinajstić information content (AvgIpc) is 2.71. The number of carbonyl (C=O) groups is 2. The molecule has 0 aliphatic heterocycles. The Labute approximate surface area is 173 Å². The first-order valence-electron chi connectivity index (χ1n) is 9.73. The van der Waals surface area contributed by atoms with Crippen molar-refractivity contribution in [3.8, 4) is 0 Å². The molecule has 6 nitrogen and oxygen atoms in total. The fourth-order valence-corrected chi connectivity index (χ4v) is 2.25. The van der Waals surface area contributed by atoms with Crippen molar-refractivity contribution in [2.75, 3.05) is 46.8 Å². The van der Waals surface area contributed by atoms with Crippen molar-refractivity contribution in [3.05, 3.63) is 0 Å². The number of alkyl halides is 5. The van der Waals surface area contributed by atoms with E-state index in [0.29, 0.717) is 32.5 Å². The van der Waals surface area contributed by atoms with Gasteiger partial charge in [-0.15, -0.1) is 0 Å². The largest absolute Gasteiger partial charge is 0.463 e. The number of methoxy groups -OCH3 is 1. The number of hydrogen-bond acceptors (Lipinski definition) is 6. The topological polar surface area (TPSA) is 71.1 Å². The van der Waals surface area contributed by atoms with Gasteiger partial charge in [-0.2, -0.15) is 17.6 Å². The van der Waals surface area contributed by atoms with Crippen molar-refractivity contribution in [3.63, 3.8) is 0 Å². The molecule has 2 unspecified atom stereocenters. The van der Waals surface area contributed by atoms with Gasteiger partial charge in [-0.1, -0.05) is 13.8 Å². The first kappa shape index (κ1) is 28.5. The van der Waals surface area contributed by atoms with Crippen LogP contribution in [-0.4, -0.2) is 70.6 Å². The molecule has 0 saturated heterocycles. The molecule has 0 aliphatic carbocycles. The van der Waals surface area contributed by atoms with Crippen LogP contribution >= 0.6 is 0 Å². The minimum atomic E-state index is -4.90. The highest BCUT2D eigenvalue weighted by Crippen LogP contribution is 2.35. The van der Waals surface area contributed by atoms with Crippen LogP contribution in [-0.2, 0) is 28.5 Å². The summed E-state index contributed by atoms with van der Waals surface area (Å²) in [5.41, 5.74) is 0. The van der Waals surface area contributed by atoms with Crippen LogP contribution in [0.4, 0.5) is 22.0 Å². The molecule has 0 spiro atoms. The number of rotatable bonds is 17. The molecule has 0 amide bonds. The molecule has 0 aromatic heterocycles. The molecule has 0 rings (SSSR count). The molecule has 0 radical (unpaired) electrons. The number of ether oxygens (including phenoxy) is 4. The fourth-order valence-electron chi connectivity index (χ4n) is 2.25. The molecule has 0 fully saturated rings. The quantitative estimate of drug-likeness (QED) is 0.191. The Balaban J connectivity index is 4.04. The van der Waals surface area contributed by atoms with E-state index in [1.165, 1.54) is 14.0 Å². The van der Waals surface area contributed by atoms with E-state index in [-0.39, 0.29) is 31.5 Å². The summed E-state index contributed by atoms with van der Waals surface area (Å²) in [6.45, 7) is -0.274. The molecule has 0 aliphatic rings. The van der Waals surface area contributed by atoms with E-state index in [4.69, 9.17) is 14.2 Å². The fraction of sp³-hybridized carbons (Fsp3) is 0.895. The van der Waals surface area contributed by atoms with Crippen LogP contribution in [0.3, 0.4) is 0 Å². The Hall–Kier alpha value is -1.49. The summed E-state index contributed by atoms with van der Waals surface area (Å²) in [5.74, 6) is -12.2. The third-order valence-electron chi connectivity index (χ3n) is 4.40. The molecule has 11 heteroatoms. The predicted octanol–water partition coefficient (Wildman–Crippen LogP) is 3.81. The second-order valence-corrected chi connectivity index (χ2v) is 6.86. The Kier molecular flexibility index (Phi) is 13.8. The molecular weight excluding hydrogens is 419 g/mol. The number of esters is 2. The Morgan fingerprint density at radius 2 is 1.57 bits per heavy atom. The van der Waals surface area contributed by atoms with Crippen molar-refractivity contribution in [1.29, 1.82) is 0 Å². The summed E-state index contributed by atoms with van der Waals surface area (Å²) in [6.07, 6.45) is 1.86. The molecule has 0 aromatic carbocycles. The van der Waals surface area contributed by atoms with Gasteiger partial charge in [-0.25, -0.2) is 4.39 Å². The van der Waals surface area contributed by atoms with E-state index in [1.54, 1.807) is 0 Å². The van der Waals surface area contributed by atoms with Crippen LogP contribution in [0, 0.1) is 11.8 Å². The van der Waals surface area contributed by atoms with Gasteiger partial charge in [0.1, 0.15) is 6.61 Å². The predicted molar refractivity (Wildman–Crippen MR) is 97.3 cm³/mol. The molecule has 0 bridgehead atoms. The second kappa shape index (κ2) is 14.5. The van der Waals surface area contributed by atoms with Gasteiger partial charge >= 0.3 is 23.8 Å². The van der Waals surface area contributed by atoms with Crippen LogP contribution < -0.4 is 0 Å². The molecular formula is C19H31F5O6. The monoisotopic (exact) mass is 450 g/mol. The summed E-state index contributed by atoms with van der Waals surface area (Å²) < 4.78 is 83.1. The van der Waals surface area contributed by atoms with Crippen molar-refractivity contribution in [2.24, 2.45) is 11.8 Å². The zero-order valence-electron chi connectivity index (χ0n) is 17.6. The number of hydrogen-bond donors (Lipinski definition) is 0. The van der Waals surface area contributed by atoms with Crippen molar-refractivity contribution in [1.82, 2.24) is 0 Å². The third kappa shape index (κ3) is 10.5. The van der Waals surface area contributed by atoms with E-state index in [0.717, 1.165) is 0 Å². The lowest BCUT2D eigenvalue weighted by molar-refractivity contribution is -0.237. The highest BCUT2D eigenvalue weighted by atomic mass is 19.3. The molecule has 0 saturated carbocycles. The SMILES string of the molecule is CCC(CCCOCCC(C)C(=O)OCC(F)(F)C(F)(F)CF)C(=O)OCCOC. The zero-order valence-corrected chi connectivity index (χ0v) is 17.6. The van der Waals surface area contributed by atoms with Gasteiger partial charge in [0, 0.05) is 20.3 Å². The first-order valence-corrected chi connectivity index (χ1v) is 9.73. The van der Waals surface area contributed by atoms with Crippen molar-refractivity contribution in [2.45, 2.75) is 51.4 Å². The second-order valence-electron chi connectivity index (χ2n) is 6.86. The van der Waals surface area contributed by atoms with Crippen LogP contribution in [0.25, 0.3) is 0 Å². The van der Waals surface area contributed by atoms with Crippen molar-refractivity contribution < 1.29 is 50.5 Å². The third-order valence-corrected chi connectivity index (χ3v) is 4.40. The summed E-state index contributed by atoms with van der Waals surface area (Å²) >= 11 is 0. The van der Waals surface area contributed by atoms with Gasteiger partial charge in [-0.3, -0.25) is 9.59 Å². The molecule has 178 valence electrons. The molecule has 0 aromatic rings. The van der Waals surface area contributed by atoms with E-state index in [9.17, 15) is 31.5 Å². The Morgan fingerprint density at radius 1 is 0.900 bits per heavy atom. The minimum Gasteiger partial charge on any atom is -0.463 e. The summed E-state index contributed by atoms with van der Waals surface area (Å²) in [7, 11) is 1.50.